The molecule has 0 bridgehead atoms. The first-order chi connectivity index (χ1) is 13.7. The predicted molar refractivity (Wildman–Crippen MR) is 109 cm³/mol. The quantitative estimate of drug-likeness (QED) is 0.560. The molecule has 0 atom stereocenters. The molecule has 0 aliphatic heterocycles. The van der Waals surface area contributed by atoms with E-state index in [1.165, 1.54) is 11.3 Å². The largest absolute Gasteiger partial charge is 0.497 e. The van der Waals surface area contributed by atoms with E-state index in [0.717, 1.165) is 40.7 Å². The number of rotatable bonds is 9. The van der Waals surface area contributed by atoms with Gasteiger partial charge < -0.3 is 14.8 Å². The van der Waals surface area contributed by atoms with Crippen molar-refractivity contribution in [2.24, 2.45) is 0 Å². The molecule has 0 fully saturated rings. The molecule has 0 aliphatic carbocycles. The Bertz CT molecular complexity index is 895. The number of carbonyl (C=O) groups excluding carboxylic acids is 1. The summed E-state index contributed by atoms with van der Waals surface area (Å²) in [5, 5.41) is 3.84. The van der Waals surface area contributed by atoms with Gasteiger partial charge in [-0.3, -0.25) is 9.78 Å². The van der Waals surface area contributed by atoms with E-state index in [1.807, 2.05) is 49.4 Å². The van der Waals surface area contributed by atoms with Crippen LogP contribution in [0.3, 0.4) is 0 Å². The van der Waals surface area contributed by atoms with E-state index < -0.39 is 0 Å². The Hall–Kier alpha value is -2.93. The van der Waals surface area contributed by atoms with E-state index in [1.54, 1.807) is 13.3 Å². The van der Waals surface area contributed by atoms with Gasteiger partial charge in [0.05, 0.1) is 24.4 Å². The molecule has 3 aromatic rings. The van der Waals surface area contributed by atoms with Gasteiger partial charge in [-0.05, 0) is 49.7 Å². The normalized spacial score (nSPS) is 10.5. The van der Waals surface area contributed by atoms with Crippen molar-refractivity contribution in [1.82, 2.24) is 15.3 Å². The van der Waals surface area contributed by atoms with Crippen molar-refractivity contribution in [3.63, 3.8) is 0 Å². The number of nitrogens with zero attached hydrogens (tertiary/aromatic N) is 2. The van der Waals surface area contributed by atoms with Gasteiger partial charge in [0.25, 0.3) is 5.91 Å². The topological polar surface area (TPSA) is 73.3 Å². The van der Waals surface area contributed by atoms with Crippen LogP contribution in [-0.4, -0.2) is 36.1 Å². The molecule has 1 aromatic carbocycles. The Kier molecular flexibility index (Phi) is 6.97. The summed E-state index contributed by atoms with van der Waals surface area (Å²) in [6.45, 7) is 2.68. The Morgan fingerprint density at radius 3 is 2.61 bits per heavy atom. The number of nitrogens with one attached hydrogen (secondary N) is 1. The zero-order valence-electron chi connectivity index (χ0n) is 16.0. The minimum absolute atomic E-state index is 0.114. The highest BCUT2D eigenvalue weighted by atomic mass is 32.1. The summed E-state index contributed by atoms with van der Waals surface area (Å²) >= 11 is 1.44. The molecule has 0 spiro atoms. The lowest BCUT2D eigenvalue weighted by Crippen LogP contribution is -2.27. The molecule has 6 nitrogen and oxygen atoms in total. The number of amides is 1. The lowest BCUT2D eigenvalue weighted by Gasteiger charge is -2.08. The van der Waals surface area contributed by atoms with Crippen molar-refractivity contribution in [3.05, 3.63) is 69.9 Å². The summed E-state index contributed by atoms with van der Waals surface area (Å²) in [4.78, 5) is 21.9. The first-order valence-electron chi connectivity index (χ1n) is 9.07. The van der Waals surface area contributed by atoms with Gasteiger partial charge in [-0.25, -0.2) is 4.98 Å². The summed E-state index contributed by atoms with van der Waals surface area (Å²) in [5.41, 5.74) is 1.78. The number of hydrogen-bond donors (Lipinski definition) is 1. The number of benzene rings is 1. The standard InChI is InChI=1S/C21H23N3O3S/c1-15-20(28-19(24-15)11-6-16-5-3-4-12-22-16)21(25)23-13-14-27-18-9-7-17(26-2)8-10-18/h3-5,7-10,12H,6,11,13-14H2,1-2H3,(H,23,25). The first kappa shape index (κ1) is 19.8. The summed E-state index contributed by atoms with van der Waals surface area (Å²) in [6.07, 6.45) is 3.37. The molecule has 3 rings (SSSR count). The third kappa shape index (κ3) is 5.53. The zero-order chi connectivity index (χ0) is 19.8. The number of pyridine rings is 1. The molecule has 0 saturated carbocycles. The average Bonchev–Trinajstić information content (AvgIpc) is 3.11. The lowest BCUT2D eigenvalue weighted by atomic mass is 10.2. The molecule has 146 valence electrons. The van der Waals surface area contributed by atoms with Crippen LogP contribution >= 0.6 is 11.3 Å². The van der Waals surface area contributed by atoms with Gasteiger partial charge in [0.15, 0.2) is 0 Å². The predicted octanol–water partition coefficient (Wildman–Crippen LogP) is 3.45. The summed E-state index contributed by atoms with van der Waals surface area (Å²) in [5.74, 6) is 1.40. The van der Waals surface area contributed by atoms with E-state index in [2.05, 4.69) is 15.3 Å². The van der Waals surface area contributed by atoms with Gasteiger partial charge in [-0.2, -0.15) is 0 Å². The van der Waals surface area contributed by atoms with Gasteiger partial charge >= 0.3 is 0 Å². The Balaban J connectivity index is 1.45. The molecule has 7 heteroatoms. The number of ether oxygens (including phenoxy) is 2. The molecule has 2 heterocycles. The monoisotopic (exact) mass is 397 g/mol. The Morgan fingerprint density at radius 1 is 1.11 bits per heavy atom. The maximum absolute atomic E-state index is 12.4. The van der Waals surface area contributed by atoms with Gasteiger partial charge in [0, 0.05) is 18.3 Å². The number of carbonyl (C=O) groups is 1. The second-order valence-electron chi connectivity index (χ2n) is 6.12. The molecular weight excluding hydrogens is 374 g/mol. The van der Waals surface area contributed by atoms with Crippen molar-refractivity contribution < 1.29 is 14.3 Å². The van der Waals surface area contributed by atoms with Crippen molar-refractivity contribution in [2.45, 2.75) is 19.8 Å². The molecule has 2 aromatic heterocycles. The fourth-order valence-corrected chi connectivity index (χ4v) is 3.62. The maximum atomic E-state index is 12.4. The van der Waals surface area contributed by atoms with Crippen LogP contribution in [0.15, 0.2) is 48.7 Å². The van der Waals surface area contributed by atoms with Gasteiger partial charge in [0.2, 0.25) is 0 Å². The number of aromatic nitrogens is 2. The summed E-state index contributed by atoms with van der Waals surface area (Å²) in [6, 6.07) is 13.2. The minimum Gasteiger partial charge on any atom is -0.497 e. The first-order valence-corrected chi connectivity index (χ1v) is 9.88. The van der Waals surface area contributed by atoms with Gasteiger partial charge in [0.1, 0.15) is 23.0 Å². The maximum Gasteiger partial charge on any atom is 0.263 e. The molecule has 0 saturated heterocycles. The second kappa shape index (κ2) is 9.85. The van der Waals surface area contributed by atoms with Gasteiger partial charge in [-0.1, -0.05) is 6.07 Å². The molecule has 1 amide bonds. The highest BCUT2D eigenvalue weighted by molar-refractivity contribution is 7.13. The average molecular weight is 398 g/mol. The van der Waals surface area contributed by atoms with Gasteiger partial charge in [-0.15, -0.1) is 11.3 Å². The third-order valence-electron chi connectivity index (χ3n) is 4.08. The van der Waals surface area contributed by atoms with Crippen molar-refractivity contribution in [2.75, 3.05) is 20.3 Å². The fraction of sp³-hybridized carbons (Fsp3) is 0.286. The zero-order valence-corrected chi connectivity index (χ0v) is 16.8. The number of methoxy groups -OCH3 is 1. The van der Waals surface area contributed by atoms with Crippen LogP contribution in [0.25, 0.3) is 0 Å². The lowest BCUT2D eigenvalue weighted by molar-refractivity contribution is 0.0950. The fourth-order valence-electron chi connectivity index (χ4n) is 2.64. The molecule has 28 heavy (non-hydrogen) atoms. The van der Waals surface area contributed by atoms with Crippen LogP contribution in [0, 0.1) is 6.92 Å². The molecule has 0 radical (unpaired) electrons. The van der Waals surface area contributed by atoms with Crippen molar-refractivity contribution in [3.8, 4) is 11.5 Å². The van der Waals surface area contributed by atoms with E-state index in [4.69, 9.17) is 9.47 Å². The molecule has 0 aliphatic rings. The van der Waals surface area contributed by atoms with Crippen LogP contribution in [0.2, 0.25) is 0 Å². The highest BCUT2D eigenvalue weighted by Gasteiger charge is 2.15. The SMILES string of the molecule is COc1ccc(OCCNC(=O)c2sc(CCc3ccccn3)nc2C)cc1. The molecular formula is C21H23N3O3S. The van der Waals surface area contributed by atoms with Crippen molar-refractivity contribution >= 4 is 17.2 Å². The highest BCUT2D eigenvalue weighted by Crippen LogP contribution is 2.20. The van der Waals surface area contributed by atoms with Crippen LogP contribution < -0.4 is 14.8 Å². The van der Waals surface area contributed by atoms with E-state index >= 15 is 0 Å². The smallest absolute Gasteiger partial charge is 0.263 e. The van der Waals surface area contributed by atoms with E-state index in [0.29, 0.717) is 18.0 Å². The summed E-state index contributed by atoms with van der Waals surface area (Å²) in [7, 11) is 1.62. The number of aryl methyl sites for hydroxylation is 3. The second-order valence-corrected chi connectivity index (χ2v) is 7.21. The molecule has 0 unspecified atom stereocenters. The van der Waals surface area contributed by atoms with Crippen LogP contribution in [0.1, 0.15) is 26.1 Å². The van der Waals surface area contributed by atoms with Crippen LogP contribution in [0.5, 0.6) is 11.5 Å². The molecule has 1 N–H and O–H groups in total. The van der Waals surface area contributed by atoms with E-state index in [-0.39, 0.29) is 5.91 Å². The number of hydrogen-bond acceptors (Lipinski definition) is 6. The minimum atomic E-state index is -0.114. The van der Waals surface area contributed by atoms with Crippen LogP contribution in [-0.2, 0) is 12.8 Å². The third-order valence-corrected chi connectivity index (χ3v) is 5.30. The Morgan fingerprint density at radius 2 is 1.89 bits per heavy atom. The van der Waals surface area contributed by atoms with E-state index in [9.17, 15) is 4.79 Å². The summed E-state index contributed by atoms with van der Waals surface area (Å²) < 4.78 is 10.7. The van der Waals surface area contributed by atoms with Crippen LogP contribution in [0.4, 0.5) is 0 Å². The Labute approximate surface area is 168 Å². The van der Waals surface area contributed by atoms with Crippen molar-refractivity contribution in [1.29, 1.82) is 0 Å². The number of thiazole rings is 1.